The molecule has 0 spiro atoms. The summed E-state index contributed by atoms with van der Waals surface area (Å²) in [5, 5.41) is 2.69. The maximum Gasteiger partial charge on any atom is 0.264 e. The maximum atomic E-state index is 13.7. The van der Waals surface area contributed by atoms with Crippen LogP contribution >= 0.6 is 0 Å². The molecule has 0 saturated heterocycles. The van der Waals surface area contributed by atoms with Gasteiger partial charge in [-0.25, -0.2) is 4.39 Å². The van der Waals surface area contributed by atoms with E-state index in [1.807, 2.05) is 19.1 Å². The smallest absolute Gasteiger partial charge is 0.264 e. The lowest BCUT2D eigenvalue weighted by molar-refractivity contribution is -0.116. The van der Waals surface area contributed by atoms with E-state index in [0.29, 0.717) is 5.69 Å². The summed E-state index contributed by atoms with van der Waals surface area (Å²) >= 11 is 0. The zero-order valence-electron chi connectivity index (χ0n) is 13.0. The van der Waals surface area contributed by atoms with Gasteiger partial charge in [-0.15, -0.1) is 0 Å². The minimum Gasteiger partial charge on any atom is -0.326 e. The van der Waals surface area contributed by atoms with Crippen LogP contribution in [0.15, 0.2) is 42.5 Å². The fraction of sp³-hybridized carbons (Fsp3) is 0.167. The Kier molecular flexibility index (Phi) is 4.12. The molecular weight excluding hydrogens is 311 g/mol. The Morgan fingerprint density at radius 3 is 2.46 bits per heavy atom. The van der Waals surface area contributed by atoms with Crippen LogP contribution in [0.25, 0.3) is 0 Å². The summed E-state index contributed by atoms with van der Waals surface area (Å²) in [6.45, 7) is 1.84. The number of rotatable bonds is 4. The van der Waals surface area contributed by atoms with Crippen molar-refractivity contribution in [3.05, 3.63) is 65.0 Å². The number of nitrogens with one attached hydrogen (secondary N) is 1. The molecule has 0 bridgehead atoms. The third kappa shape index (κ3) is 2.90. The number of fused-ring (bicyclic) bond motifs is 1. The summed E-state index contributed by atoms with van der Waals surface area (Å²) in [5.41, 5.74) is 1.53. The minimum absolute atomic E-state index is 0.0407. The number of halogens is 1. The van der Waals surface area contributed by atoms with Crippen molar-refractivity contribution in [1.29, 1.82) is 0 Å². The SMILES string of the molecule is Cc1ccc(NC(=O)CCN2C(=O)c3cccc(F)c3C2=O)cc1. The largest absolute Gasteiger partial charge is 0.326 e. The fourth-order valence-corrected chi connectivity index (χ4v) is 2.57. The zero-order valence-corrected chi connectivity index (χ0v) is 13.0. The lowest BCUT2D eigenvalue weighted by atomic mass is 10.1. The molecule has 2 aromatic rings. The second-order valence-corrected chi connectivity index (χ2v) is 5.59. The number of hydrogen-bond acceptors (Lipinski definition) is 3. The molecule has 3 amide bonds. The number of amides is 3. The van der Waals surface area contributed by atoms with Gasteiger partial charge in [0.2, 0.25) is 5.91 Å². The van der Waals surface area contributed by atoms with Gasteiger partial charge in [0.1, 0.15) is 5.82 Å². The number of anilines is 1. The summed E-state index contributed by atoms with van der Waals surface area (Å²) in [4.78, 5) is 37.2. The van der Waals surface area contributed by atoms with Crippen LogP contribution in [0.2, 0.25) is 0 Å². The highest BCUT2D eigenvalue weighted by atomic mass is 19.1. The lowest BCUT2D eigenvalue weighted by Crippen LogP contribution is -2.33. The number of imide groups is 1. The number of aryl methyl sites for hydroxylation is 1. The first kappa shape index (κ1) is 15.9. The number of benzene rings is 2. The van der Waals surface area contributed by atoms with Crippen molar-refractivity contribution in [3.63, 3.8) is 0 Å². The van der Waals surface area contributed by atoms with E-state index in [1.165, 1.54) is 12.1 Å². The molecule has 24 heavy (non-hydrogen) atoms. The molecule has 1 heterocycles. The fourth-order valence-electron chi connectivity index (χ4n) is 2.57. The number of hydrogen-bond donors (Lipinski definition) is 1. The molecule has 6 heteroatoms. The van der Waals surface area contributed by atoms with Crippen LogP contribution in [0.3, 0.4) is 0 Å². The monoisotopic (exact) mass is 326 g/mol. The molecule has 1 aliphatic rings. The molecule has 0 aromatic heterocycles. The standard InChI is InChI=1S/C18H15FN2O3/c1-11-5-7-12(8-6-11)20-15(22)9-10-21-17(23)13-3-2-4-14(19)16(13)18(21)24/h2-8H,9-10H2,1H3,(H,20,22). The molecule has 5 nitrogen and oxygen atoms in total. The number of carbonyl (C=O) groups is 3. The molecular formula is C18H15FN2O3. The average molecular weight is 326 g/mol. The van der Waals surface area contributed by atoms with Crippen molar-refractivity contribution in [3.8, 4) is 0 Å². The molecule has 0 fully saturated rings. The van der Waals surface area contributed by atoms with Gasteiger partial charge in [-0.3, -0.25) is 19.3 Å². The van der Waals surface area contributed by atoms with E-state index in [4.69, 9.17) is 0 Å². The van der Waals surface area contributed by atoms with E-state index >= 15 is 0 Å². The first-order valence-corrected chi connectivity index (χ1v) is 7.48. The minimum atomic E-state index is -0.725. The second-order valence-electron chi connectivity index (χ2n) is 5.59. The summed E-state index contributed by atoms with van der Waals surface area (Å²) in [6, 6.07) is 11.2. The highest BCUT2D eigenvalue weighted by Crippen LogP contribution is 2.25. The average Bonchev–Trinajstić information content (AvgIpc) is 2.80. The van der Waals surface area contributed by atoms with Gasteiger partial charge < -0.3 is 5.32 Å². The van der Waals surface area contributed by atoms with Crippen LogP contribution in [0.4, 0.5) is 10.1 Å². The molecule has 1 N–H and O–H groups in total. The van der Waals surface area contributed by atoms with Crippen molar-refractivity contribution < 1.29 is 18.8 Å². The molecule has 0 aliphatic carbocycles. The van der Waals surface area contributed by atoms with Gasteiger partial charge in [0.25, 0.3) is 11.8 Å². The zero-order chi connectivity index (χ0) is 17.3. The van der Waals surface area contributed by atoms with Gasteiger partial charge in [-0.2, -0.15) is 0 Å². The Balaban J connectivity index is 1.64. The normalized spacial score (nSPS) is 13.2. The van der Waals surface area contributed by atoms with Crippen LogP contribution in [0.5, 0.6) is 0 Å². The third-order valence-electron chi connectivity index (χ3n) is 3.85. The van der Waals surface area contributed by atoms with Crippen molar-refractivity contribution >= 4 is 23.4 Å². The number of carbonyl (C=O) groups excluding carboxylic acids is 3. The van der Waals surface area contributed by atoms with Crippen LogP contribution in [0.1, 0.15) is 32.7 Å². The molecule has 122 valence electrons. The Morgan fingerprint density at radius 2 is 1.79 bits per heavy atom. The van der Waals surface area contributed by atoms with Crippen molar-refractivity contribution in [1.82, 2.24) is 4.90 Å². The highest BCUT2D eigenvalue weighted by Gasteiger charge is 2.37. The first-order chi connectivity index (χ1) is 11.5. The lowest BCUT2D eigenvalue weighted by Gasteiger charge is -2.13. The van der Waals surface area contributed by atoms with Crippen LogP contribution in [-0.2, 0) is 4.79 Å². The van der Waals surface area contributed by atoms with Gasteiger partial charge in [-0.05, 0) is 31.2 Å². The predicted molar refractivity (Wildman–Crippen MR) is 86.2 cm³/mol. The van der Waals surface area contributed by atoms with Crippen LogP contribution < -0.4 is 5.32 Å². The van der Waals surface area contributed by atoms with E-state index in [2.05, 4.69) is 5.32 Å². The molecule has 3 rings (SSSR count). The van der Waals surface area contributed by atoms with E-state index in [9.17, 15) is 18.8 Å². The van der Waals surface area contributed by atoms with Gasteiger partial charge in [0.05, 0.1) is 11.1 Å². The van der Waals surface area contributed by atoms with Crippen LogP contribution in [0, 0.1) is 12.7 Å². The highest BCUT2D eigenvalue weighted by molar-refractivity contribution is 6.21. The Bertz CT molecular complexity index is 831. The number of nitrogens with zero attached hydrogens (tertiary/aromatic N) is 1. The summed E-state index contributed by atoms with van der Waals surface area (Å²) in [5.74, 6) is -2.32. The molecule has 0 saturated carbocycles. The molecule has 0 radical (unpaired) electrons. The van der Waals surface area contributed by atoms with Crippen molar-refractivity contribution in [2.24, 2.45) is 0 Å². The predicted octanol–water partition coefficient (Wildman–Crippen LogP) is 2.76. The maximum absolute atomic E-state index is 13.7. The topological polar surface area (TPSA) is 66.5 Å². The summed E-state index contributed by atoms with van der Waals surface area (Å²) in [6.07, 6.45) is -0.0546. The van der Waals surface area contributed by atoms with Crippen molar-refractivity contribution in [2.75, 3.05) is 11.9 Å². The van der Waals surface area contributed by atoms with E-state index in [-0.39, 0.29) is 30.0 Å². The van der Waals surface area contributed by atoms with Gasteiger partial charge in [-0.1, -0.05) is 23.8 Å². The molecule has 2 aromatic carbocycles. The first-order valence-electron chi connectivity index (χ1n) is 7.48. The Morgan fingerprint density at radius 1 is 1.08 bits per heavy atom. The van der Waals surface area contributed by atoms with Gasteiger partial charge >= 0.3 is 0 Å². The molecule has 0 atom stereocenters. The second kappa shape index (κ2) is 6.23. The van der Waals surface area contributed by atoms with E-state index < -0.39 is 17.6 Å². The van der Waals surface area contributed by atoms with Crippen LogP contribution in [-0.4, -0.2) is 29.2 Å². The molecule has 1 aliphatic heterocycles. The molecule has 0 unspecified atom stereocenters. The third-order valence-corrected chi connectivity index (χ3v) is 3.85. The quantitative estimate of drug-likeness (QED) is 0.879. The van der Waals surface area contributed by atoms with E-state index in [1.54, 1.807) is 12.1 Å². The summed E-state index contributed by atoms with van der Waals surface area (Å²) in [7, 11) is 0. The van der Waals surface area contributed by atoms with Crippen molar-refractivity contribution in [2.45, 2.75) is 13.3 Å². The Hall–Kier alpha value is -3.02. The Labute approximate surface area is 138 Å². The van der Waals surface area contributed by atoms with E-state index in [0.717, 1.165) is 16.5 Å². The summed E-state index contributed by atoms with van der Waals surface area (Å²) < 4.78 is 13.7. The van der Waals surface area contributed by atoms with Gasteiger partial charge in [0, 0.05) is 18.7 Å². The van der Waals surface area contributed by atoms with Gasteiger partial charge in [0.15, 0.2) is 0 Å².